The Morgan fingerprint density at radius 3 is 2.55 bits per heavy atom. The lowest BCUT2D eigenvalue weighted by Gasteiger charge is -2.06. The zero-order valence-electron chi connectivity index (χ0n) is 10.2. The van der Waals surface area contributed by atoms with Crippen LogP contribution in [-0.2, 0) is 22.1 Å². The van der Waals surface area contributed by atoms with Crippen LogP contribution in [0.15, 0.2) is 30.3 Å². The molecule has 0 fully saturated rings. The van der Waals surface area contributed by atoms with Crippen molar-refractivity contribution in [1.29, 1.82) is 0 Å². The number of alkyl halides is 3. The van der Waals surface area contributed by atoms with E-state index in [1.54, 1.807) is 6.07 Å². The van der Waals surface area contributed by atoms with Crippen molar-refractivity contribution >= 4 is 18.0 Å². The Morgan fingerprint density at radius 2 is 1.95 bits per heavy atom. The van der Waals surface area contributed by atoms with Gasteiger partial charge in [0, 0.05) is 16.9 Å². The van der Waals surface area contributed by atoms with Crippen molar-refractivity contribution in [3.63, 3.8) is 0 Å². The summed E-state index contributed by atoms with van der Waals surface area (Å²) in [5, 5.41) is 0. The number of hydrogen-bond donors (Lipinski definition) is 0. The second-order valence-electron chi connectivity index (χ2n) is 3.97. The normalized spacial score (nSPS) is 11.3. The average molecular weight is 301 g/mol. The fourth-order valence-electron chi connectivity index (χ4n) is 1.60. The largest absolute Gasteiger partial charge is 0.468 e. The van der Waals surface area contributed by atoms with E-state index in [9.17, 15) is 18.0 Å². The number of ether oxygens (including phenoxy) is 1. The lowest BCUT2D eigenvalue weighted by atomic mass is 10.1. The fourth-order valence-corrected chi connectivity index (χ4v) is 2.32. The Kier molecular flexibility index (Phi) is 4.39. The molecule has 2 rings (SSSR count). The van der Waals surface area contributed by atoms with E-state index in [0.717, 1.165) is 17.0 Å². The van der Waals surface area contributed by atoms with Crippen molar-refractivity contribution in [3.8, 4) is 11.3 Å². The predicted octanol–water partition coefficient (Wildman–Crippen LogP) is 3.54. The molecule has 0 bridgehead atoms. The molecule has 7 heteroatoms. The van der Waals surface area contributed by atoms with Crippen LogP contribution < -0.4 is 0 Å². The number of carbonyl (C=O) groups is 1. The van der Waals surface area contributed by atoms with Crippen LogP contribution in [0.2, 0.25) is 0 Å². The number of hydrogen-bond acceptors (Lipinski definition) is 4. The van der Waals surface area contributed by atoms with E-state index in [4.69, 9.17) is 0 Å². The van der Waals surface area contributed by atoms with E-state index in [1.807, 2.05) is 0 Å². The Labute approximate surface area is 117 Å². The van der Waals surface area contributed by atoms with Gasteiger partial charge in [0.1, 0.15) is 0 Å². The SMILES string of the molecule is O=COCCc1cc(-c2ccc(C(F)(F)F)cc2)ns1. The highest BCUT2D eigenvalue weighted by atomic mass is 32.1. The van der Waals surface area contributed by atoms with Crippen molar-refractivity contribution in [2.24, 2.45) is 0 Å². The zero-order chi connectivity index (χ0) is 14.6. The predicted molar refractivity (Wildman–Crippen MR) is 68.3 cm³/mol. The van der Waals surface area contributed by atoms with E-state index in [1.165, 1.54) is 23.7 Å². The monoisotopic (exact) mass is 301 g/mol. The minimum atomic E-state index is -4.34. The lowest BCUT2D eigenvalue weighted by Crippen LogP contribution is -2.03. The van der Waals surface area contributed by atoms with Crippen LogP contribution in [0.4, 0.5) is 13.2 Å². The summed E-state index contributed by atoms with van der Waals surface area (Å²) in [5.74, 6) is 0. The van der Waals surface area contributed by atoms with Crippen LogP contribution in [-0.4, -0.2) is 17.5 Å². The Balaban J connectivity index is 2.10. The van der Waals surface area contributed by atoms with Crippen LogP contribution in [0, 0.1) is 0 Å². The first-order chi connectivity index (χ1) is 9.50. The van der Waals surface area contributed by atoms with Crippen LogP contribution in [0.25, 0.3) is 11.3 Å². The van der Waals surface area contributed by atoms with Gasteiger partial charge in [-0.3, -0.25) is 4.79 Å². The first kappa shape index (κ1) is 14.5. The van der Waals surface area contributed by atoms with E-state index in [-0.39, 0.29) is 6.61 Å². The highest BCUT2D eigenvalue weighted by molar-refractivity contribution is 7.06. The van der Waals surface area contributed by atoms with Gasteiger partial charge in [0.15, 0.2) is 0 Å². The minimum Gasteiger partial charge on any atom is -0.468 e. The van der Waals surface area contributed by atoms with Crippen LogP contribution in [0.3, 0.4) is 0 Å². The molecule has 0 aliphatic rings. The van der Waals surface area contributed by atoms with E-state index in [0.29, 0.717) is 24.2 Å². The molecule has 0 radical (unpaired) electrons. The second kappa shape index (κ2) is 6.04. The summed E-state index contributed by atoms with van der Waals surface area (Å²) < 4.78 is 46.1. The summed E-state index contributed by atoms with van der Waals surface area (Å²) in [6.07, 6.45) is -3.80. The van der Waals surface area contributed by atoms with Crippen molar-refractivity contribution in [1.82, 2.24) is 4.37 Å². The molecule has 0 amide bonds. The van der Waals surface area contributed by atoms with Gasteiger partial charge in [-0.15, -0.1) is 0 Å². The van der Waals surface area contributed by atoms with Gasteiger partial charge >= 0.3 is 6.18 Å². The minimum absolute atomic E-state index is 0.262. The Hall–Kier alpha value is -1.89. The maximum absolute atomic E-state index is 12.4. The number of carbonyl (C=O) groups excluding carboxylic acids is 1. The molecular formula is C13H10F3NO2S. The molecule has 0 aliphatic heterocycles. The molecule has 0 saturated heterocycles. The zero-order valence-corrected chi connectivity index (χ0v) is 11.0. The standard InChI is InChI=1S/C13H10F3NO2S/c14-13(15,16)10-3-1-9(2-4-10)12-7-11(20-17-12)5-6-19-8-18/h1-4,7-8H,5-6H2. The molecule has 0 N–H and O–H groups in total. The van der Waals surface area contributed by atoms with Crippen LogP contribution >= 0.6 is 11.5 Å². The summed E-state index contributed by atoms with van der Waals surface area (Å²) in [4.78, 5) is 10.9. The maximum atomic E-state index is 12.4. The van der Waals surface area contributed by atoms with Gasteiger partial charge in [-0.2, -0.15) is 17.5 Å². The lowest BCUT2D eigenvalue weighted by molar-refractivity contribution is -0.137. The second-order valence-corrected chi connectivity index (χ2v) is 4.86. The summed E-state index contributed by atoms with van der Waals surface area (Å²) in [7, 11) is 0. The molecule has 106 valence electrons. The molecule has 2 aromatic rings. The third kappa shape index (κ3) is 3.57. The van der Waals surface area contributed by atoms with Crippen molar-refractivity contribution in [3.05, 3.63) is 40.8 Å². The molecule has 0 unspecified atom stereocenters. The molecule has 0 atom stereocenters. The molecule has 3 nitrogen and oxygen atoms in total. The highest BCUT2D eigenvalue weighted by Crippen LogP contribution is 2.31. The number of halogens is 3. The van der Waals surface area contributed by atoms with Gasteiger partial charge in [-0.25, -0.2) is 0 Å². The van der Waals surface area contributed by atoms with Gasteiger partial charge in [-0.1, -0.05) is 12.1 Å². The highest BCUT2D eigenvalue weighted by Gasteiger charge is 2.30. The van der Waals surface area contributed by atoms with E-state index >= 15 is 0 Å². The van der Waals surface area contributed by atoms with Crippen LogP contribution in [0.1, 0.15) is 10.4 Å². The summed E-state index contributed by atoms with van der Waals surface area (Å²) in [5.41, 5.74) is 0.553. The first-order valence-electron chi connectivity index (χ1n) is 5.69. The number of rotatable bonds is 5. The van der Waals surface area contributed by atoms with E-state index in [2.05, 4.69) is 9.11 Å². The quantitative estimate of drug-likeness (QED) is 0.626. The van der Waals surface area contributed by atoms with E-state index < -0.39 is 11.7 Å². The van der Waals surface area contributed by atoms with Gasteiger partial charge < -0.3 is 4.74 Å². The molecule has 1 aromatic heterocycles. The van der Waals surface area contributed by atoms with Crippen molar-refractivity contribution < 1.29 is 22.7 Å². The molecule has 1 heterocycles. The smallest absolute Gasteiger partial charge is 0.416 e. The molecule has 20 heavy (non-hydrogen) atoms. The molecule has 1 aromatic carbocycles. The number of nitrogens with zero attached hydrogens (tertiary/aromatic N) is 1. The number of aromatic nitrogens is 1. The summed E-state index contributed by atoms with van der Waals surface area (Å²) in [6.45, 7) is 0.635. The Morgan fingerprint density at radius 1 is 1.25 bits per heavy atom. The van der Waals surface area contributed by atoms with Gasteiger partial charge in [-0.05, 0) is 29.7 Å². The van der Waals surface area contributed by atoms with Gasteiger partial charge in [0.2, 0.25) is 0 Å². The maximum Gasteiger partial charge on any atom is 0.416 e. The molecule has 0 saturated carbocycles. The average Bonchev–Trinajstić information content (AvgIpc) is 2.87. The third-order valence-corrected chi connectivity index (χ3v) is 3.45. The molecule has 0 aliphatic carbocycles. The van der Waals surface area contributed by atoms with Crippen LogP contribution in [0.5, 0.6) is 0 Å². The number of benzene rings is 1. The molecular weight excluding hydrogens is 291 g/mol. The summed E-state index contributed by atoms with van der Waals surface area (Å²) >= 11 is 1.24. The van der Waals surface area contributed by atoms with Gasteiger partial charge in [0.05, 0.1) is 17.9 Å². The molecule has 0 spiro atoms. The first-order valence-corrected chi connectivity index (χ1v) is 6.46. The topological polar surface area (TPSA) is 39.2 Å². The van der Waals surface area contributed by atoms with Crippen molar-refractivity contribution in [2.75, 3.05) is 6.61 Å². The van der Waals surface area contributed by atoms with Gasteiger partial charge in [0.25, 0.3) is 6.47 Å². The third-order valence-electron chi connectivity index (χ3n) is 2.60. The Bertz CT molecular complexity index is 578. The van der Waals surface area contributed by atoms with Crippen molar-refractivity contribution in [2.45, 2.75) is 12.6 Å². The summed E-state index contributed by atoms with van der Waals surface area (Å²) in [6, 6.07) is 6.63. The fraction of sp³-hybridized carbons (Fsp3) is 0.231.